The lowest BCUT2D eigenvalue weighted by Crippen LogP contribution is -2.37. The van der Waals surface area contributed by atoms with Crippen LogP contribution in [-0.2, 0) is 32.7 Å². The molecule has 9 nitrogen and oxygen atoms in total. The van der Waals surface area contributed by atoms with E-state index in [-0.39, 0.29) is 26.1 Å². The van der Waals surface area contributed by atoms with Crippen molar-refractivity contribution in [3.8, 4) is 0 Å². The molecule has 0 aromatic rings. The van der Waals surface area contributed by atoms with Gasteiger partial charge in [-0.2, -0.15) is 0 Å². The molecular formula is C52H86NO8P. The van der Waals surface area contributed by atoms with E-state index in [2.05, 4.69) is 117 Å². The third-order valence-electron chi connectivity index (χ3n) is 9.28. The predicted molar refractivity (Wildman–Crippen MR) is 258 cm³/mol. The van der Waals surface area contributed by atoms with E-state index in [1.807, 2.05) is 27.2 Å². The number of rotatable bonds is 41. The van der Waals surface area contributed by atoms with Gasteiger partial charge in [0.15, 0.2) is 6.10 Å². The summed E-state index contributed by atoms with van der Waals surface area (Å²) in [5, 5.41) is 0. The van der Waals surface area contributed by atoms with Crippen LogP contribution in [0, 0.1) is 0 Å². The Morgan fingerprint density at radius 3 is 1.42 bits per heavy atom. The highest BCUT2D eigenvalue weighted by Crippen LogP contribution is 2.38. The van der Waals surface area contributed by atoms with Crippen LogP contribution in [0.25, 0.3) is 0 Å². The van der Waals surface area contributed by atoms with Crippen LogP contribution in [0.15, 0.2) is 109 Å². The molecule has 0 radical (unpaired) electrons. The van der Waals surface area contributed by atoms with Crippen molar-refractivity contribution < 1.29 is 42.1 Å². The summed E-state index contributed by atoms with van der Waals surface area (Å²) in [7, 11) is 1.10. The van der Waals surface area contributed by atoms with Crippen LogP contribution in [0.3, 0.4) is 0 Å². The molecule has 0 aromatic heterocycles. The van der Waals surface area contributed by atoms with E-state index in [9.17, 15) is 19.0 Å². The maximum Gasteiger partial charge on any atom is 0.306 e. The highest BCUT2D eigenvalue weighted by molar-refractivity contribution is 7.45. The molecule has 0 amide bonds. The second-order valence-corrected chi connectivity index (χ2v) is 17.8. The number of allylic oxidation sites excluding steroid dienone is 18. The smallest absolute Gasteiger partial charge is 0.306 e. The first-order valence-corrected chi connectivity index (χ1v) is 25.1. The Balaban J connectivity index is 4.48. The van der Waals surface area contributed by atoms with Crippen molar-refractivity contribution in [3.63, 3.8) is 0 Å². The second-order valence-electron chi connectivity index (χ2n) is 16.4. The fourth-order valence-electron chi connectivity index (χ4n) is 5.61. The molecule has 0 aliphatic rings. The molecule has 0 N–H and O–H groups in total. The number of ether oxygens (including phenoxy) is 2. The number of quaternary nitrogens is 1. The number of carbonyl (C=O) groups excluding carboxylic acids is 2. The number of likely N-dealkylation sites (N-methyl/N-ethyl adjacent to an activating group) is 1. The highest BCUT2D eigenvalue weighted by atomic mass is 31.2. The number of nitrogens with zero attached hydrogens (tertiary/aromatic N) is 1. The molecule has 62 heavy (non-hydrogen) atoms. The number of hydrogen-bond acceptors (Lipinski definition) is 8. The van der Waals surface area contributed by atoms with Crippen molar-refractivity contribution in [2.75, 3.05) is 47.5 Å². The third-order valence-corrected chi connectivity index (χ3v) is 10.2. The summed E-state index contributed by atoms with van der Waals surface area (Å²) in [4.78, 5) is 37.6. The van der Waals surface area contributed by atoms with E-state index in [4.69, 9.17) is 18.5 Å². The average Bonchev–Trinajstić information content (AvgIpc) is 3.23. The molecule has 0 aromatic carbocycles. The van der Waals surface area contributed by atoms with Crippen molar-refractivity contribution in [3.05, 3.63) is 109 Å². The quantitative estimate of drug-likeness (QED) is 0.0196. The molecule has 2 unspecified atom stereocenters. The SMILES string of the molecule is CC/C=C\C/C=C\C/C=C\C/C=C\C/C=C\C/C=C\C/C=C\CCCC(=O)OC(COC(=O)CCCCCCC/C=C\C/C=C\CCCCC)COP(=O)([O-])OCC[N+](C)(C)C. The summed E-state index contributed by atoms with van der Waals surface area (Å²) in [5.74, 6) is -0.932. The van der Waals surface area contributed by atoms with E-state index < -0.39 is 32.5 Å². The molecule has 0 aliphatic heterocycles. The molecule has 10 heteroatoms. The molecule has 0 spiro atoms. The van der Waals surface area contributed by atoms with Gasteiger partial charge in [0.2, 0.25) is 0 Å². The van der Waals surface area contributed by atoms with E-state index in [0.29, 0.717) is 30.3 Å². The molecule has 352 valence electrons. The van der Waals surface area contributed by atoms with E-state index in [0.717, 1.165) is 83.5 Å². The maximum absolute atomic E-state index is 12.7. The summed E-state index contributed by atoms with van der Waals surface area (Å²) in [5.41, 5.74) is 0. The van der Waals surface area contributed by atoms with Crippen LogP contribution in [0.2, 0.25) is 0 Å². The predicted octanol–water partition coefficient (Wildman–Crippen LogP) is 13.3. The molecule has 0 heterocycles. The van der Waals surface area contributed by atoms with Gasteiger partial charge in [-0.1, -0.05) is 155 Å². The maximum atomic E-state index is 12.7. The zero-order chi connectivity index (χ0) is 45.7. The van der Waals surface area contributed by atoms with Gasteiger partial charge < -0.3 is 27.9 Å². The Morgan fingerprint density at radius 1 is 0.516 bits per heavy atom. The standard InChI is InChI=1S/C52H86NO8P/c1-6-8-10-12-14-16-18-20-22-23-24-25-26-27-28-29-31-33-35-37-39-41-43-45-52(55)61-50(49-60-62(56,57)59-47-46-53(3,4)5)48-58-51(54)44-42-40-38-36-34-32-30-21-19-17-15-13-11-9-7-2/h8,10,14-17,20-22,24-25,27-28,30-31,33,37,39,50H,6-7,9,11-13,18-19,23,26,29,32,34-36,38,40-49H2,1-5H3/b10-8-,16-14-,17-15-,22-20-,25-24-,28-27-,30-21-,33-31-,39-37-. The second kappa shape index (κ2) is 42.9. The first kappa shape index (κ1) is 58.7. The first-order chi connectivity index (χ1) is 30.0. The van der Waals surface area contributed by atoms with Crippen LogP contribution in [-0.4, -0.2) is 70.0 Å². The Kier molecular flexibility index (Phi) is 40.6. The fourth-order valence-corrected chi connectivity index (χ4v) is 6.34. The number of phosphoric ester groups is 1. The zero-order valence-corrected chi connectivity index (χ0v) is 40.4. The lowest BCUT2D eigenvalue weighted by molar-refractivity contribution is -0.870. The first-order valence-electron chi connectivity index (χ1n) is 23.6. The van der Waals surface area contributed by atoms with Gasteiger partial charge in [-0.05, 0) is 96.3 Å². The minimum atomic E-state index is -4.65. The molecule has 0 fully saturated rings. The van der Waals surface area contributed by atoms with Gasteiger partial charge in [-0.25, -0.2) is 0 Å². The van der Waals surface area contributed by atoms with E-state index >= 15 is 0 Å². The molecule has 0 aliphatic carbocycles. The Morgan fingerprint density at radius 2 is 0.935 bits per heavy atom. The van der Waals surface area contributed by atoms with Crippen molar-refractivity contribution in [2.45, 2.75) is 161 Å². The third kappa shape index (κ3) is 46.2. The normalized spacial score (nSPS) is 14.5. The van der Waals surface area contributed by atoms with Crippen LogP contribution < -0.4 is 4.89 Å². The van der Waals surface area contributed by atoms with Crippen LogP contribution >= 0.6 is 7.82 Å². The van der Waals surface area contributed by atoms with Gasteiger partial charge >= 0.3 is 11.9 Å². The molecule has 0 saturated carbocycles. The van der Waals surface area contributed by atoms with E-state index in [1.165, 1.54) is 25.7 Å². The van der Waals surface area contributed by atoms with Crippen molar-refractivity contribution in [2.24, 2.45) is 0 Å². The summed E-state index contributed by atoms with van der Waals surface area (Å²) >= 11 is 0. The number of unbranched alkanes of at least 4 members (excludes halogenated alkanes) is 9. The topological polar surface area (TPSA) is 111 Å². The monoisotopic (exact) mass is 884 g/mol. The minimum absolute atomic E-state index is 0.0507. The lowest BCUT2D eigenvalue weighted by Gasteiger charge is -2.28. The molecule has 0 bridgehead atoms. The summed E-state index contributed by atoms with van der Waals surface area (Å²) in [6.07, 6.45) is 58.4. The number of carbonyl (C=O) groups is 2. The summed E-state index contributed by atoms with van der Waals surface area (Å²) in [6, 6.07) is 0. The Bertz CT molecular complexity index is 1420. The average molecular weight is 884 g/mol. The fraction of sp³-hybridized carbons (Fsp3) is 0.615. The minimum Gasteiger partial charge on any atom is -0.756 e. The Labute approximate surface area is 378 Å². The number of hydrogen-bond donors (Lipinski definition) is 0. The molecule has 0 saturated heterocycles. The van der Waals surface area contributed by atoms with Gasteiger partial charge in [-0.15, -0.1) is 0 Å². The van der Waals surface area contributed by atoms with Crippen LogP contribution in [0.1, 0.15) is 155 Å². The van der Waals surface area contributed by atoms with Gasteiger partial charge in [0.1, 0.15) is 19.8 Å². The van der Waals surface area contributed by atoms with Crippen molar-refractivity contribution in [1.29, 1.82) is 0 Å². The molecule has 2 atom stereocenters. The molecule has 0 rings (SSSR count). The van der Waals surface area contributed by atoms with Crippen LogP contribution in [0.5, 0.6) is 0 Å². The van der Waals surface area contributed by atoms with E-state index in [1.54, 1.807) is 0 Å². The largest absolute Gasteiger partial charge is 0.756 e. The number of phosphoric acid groups is 1. The van der Waals surface area contributed by atoms with Crippen LogP contribution in [0.4, 0.5) is 0 Å². The highest BCUT2D eigenvalue weighted by Gasteiger charge is 2.21. The Hall–Kier alpha value is -3.33. The molecular weight excluding hydrogens is 798 g/mol. The van der Waals surface area contributed by atoms with Crippen molar-refractivity contribution >= 4 is 19.8 Å². The lowest BCUT2D eigenvalue weighted by atomic mass is 10.1. The summed E-state index contributed by atoms with van der Waals surface area (Å²) < 4.78 is 33.9. The van der Waals surface area contributed by atoms with Gasteiger partial charge in [-0.3, -0.25) is 14.2 Å². The number of esters is 2. The van der Waals surface area contributed by atoms with Gasteiger partial charge in [0.25, 0.3) is 7.82 Å². The summed E-state index contributed by atoms with van der Waals surface area (Å²) in [6.45, 7) is 3.98. The van der Waals surface area contributed by atoms with Gasteiger partial charge in [0, 0.05) is 12.8 Å². The van der Waals surface area contributed by atoms with Gasteiger partial charge in [0.05, 0.1) is 27.7 Å². The van der Waals surface area contributed by atoms with Crippen molar-refractivity contribution in [1.82, 2.24) is 0 Å². The zero-order valence-electron chi connectivity index (χ0n) is 39.5.